The molecule has 1 aromatic carbocycles. The molecule has 0 aliphatic heterocycles. The van der Waals surface area contributed by atoms with Crippen molar-refractivity contribution in [2.75, 3.05) is 0 Å². The minimum absolute atomic E-state index is 0.0176. The minimum Gasteiger partial charge on any atom is -0.289 e. The number of carbonyl (C=O) groups is 1. The summed E-state index contributed by atoms with van der Waals surface area (Å²) >= 11 is 0. The van der Waals surface area contributed by atoms with Crippen molar-refractivity contribution in [2.24, 2.45) is 0 Å². The second-order valence-corrected chi connectivity index (χ2v) is 4.37. The van der Waals surface area contributed by atoms with Crippen molar-refractivity contribution < 1.29 is 9.36 Å². The molecule has 18 heavy (non-hydrogen) atoms. The van der Waals surface area contributed by atoms with Crippen LogP contribution in [0.15, 0.2) is 54.9 Å². The molecule has 2 heteroatoms. The molecular formula is C16H16NO+. The number of aromatic nitrogens is 1. The quantitative estimate of drug-likeness (QED) is 0.457. The smallest absolute Gasteiger partial charge is 0.191 e. The number of rotatable bonds is 3. The fourth-order valence-electron chi connectivity index (χ4n) is 1.68. The summed E-state index contributed by atoms with van der Waals surface area (Å²) in [6.45, 7) is 4.03. The summed E-state index contributed by atoms with van der Waals surface area (Å²) in [6, 6.07) is 11.6. The van der Waals surface area contributed by atoms with Crippen molar-refractivity contribution in [3.8, 4) is 0 Å². The average molecular weight is 238 g/mol. The van der Waals surface area contributed by atoms with E-state index in [1.807, 2.05) is 67.2 Å². The molecule has 2 rings (SSSR count). The van der Waals surface area contributed by atoms with Crippen molar-refractivity contribution in [3.05, 3.63) is 71.6 Å². The van der Waals surface area contributed by atoms with E-state index in [4.69, 9.17) is 0 Å². The lowest BCUT2D eigenvalue weighted by Crippen LogP contribution is -2.25. The predicted molar refractivity (Wildman–Crippen MR) is 72.2 cm³/mol. The molecule has 0 aliphatic carbocycles. The number of benzene rings is 1. The zero-order chi connectivity index (χ0) is 13.0. The van der Waals surface area contributed by atoms with Crippen LogP contribution in [0.2, 0.25) is 0 Å². The highest BCUT2D eigenvalue weighted by atomic mass is 16.1. The summed E-state index contributed by atoms with van der Waals surface area (Å²) in [6.07, 6.45) is 7.24. The second kappa shape index (κ2) is 5.41. The van der Waals surface area contributed by atoms with Gasteiger partial charge >= 0.3 is 0 Å². The summed E-state index contributed by atoms with van der Waals surface area (Å²) in [4.78, 5) is 11.9. The molecule has 0 saturated heterocycles. The first kappa shape index (κ1) is 12.2. The van der Waals surface area contributed by atoms with Crippen molar-refractivity contribution in [1.82, 2.24) is 0 Å². The Bertz CT molecular complexity index is 582. The molecule has 0 spiro atoms. The van der Waals surface area contributed by atoms with E-state index >= 15 is 0 Å². The van der Waals surface area contributed by atoms with Gasteiger partial charge in [0.05, 0.1) is 6.08 Å². The molecule has 1 aromatic heterocycles. The van der Waals surface area contributed by atoms with Gasteiger partial charge in [0, 0.05) is 17.2 Å². The summed E-state index contributed by atoms with van der Waals surface area (Å²) < 4.78 is 1.88. The molecule has 2 aromatic rings. The highest BCUT2D eigenvalue weighted by molar-refractivity contribution is 6.05. The van der Waals surface area contributed by atoms with Crippen molar-refractivity contribution in [3.63, 3.8) is 0 Å². The molecule has 0 amide bonds. The van der Waals surface area contributed by atoms with Crippen LogP contribution in [-0.4, -0.2) is 5.78 Å². The van der Waals surface area contributed by atoms with E-state index in [0.717, 1.165) is 11.1 Å². The fourth-order valence-corrected chi connectivity index (χ4v) is 1.68. The van der Waals surface area contributed by atoms with Gasteiger partial charge < -0.3 is 0 Å². The number of aryl methyl sites for hydroxylation is 2. The molecule has 1 heterocycles. The van der Waals surface area contributed by atoms with Gasteiger partial charge in [-0.25, -0.2) is 0 Å². The fraction of sp³-hybridized carbons (Fsp3) is 0.125. The zero-order valence-electron chi connectivity index (χ0n) is 10.6. The van der Waals surface area contributed by atoms with Gasteiger partial charge in [0.25, 0.3) is 0 Å². The maximum absolute atomic E-state index is 11.9. The van der Waals surface area contributed by atoms with E-state index in [1.54, 1.807) is 12.3 Å². The maximum Gasteiger partial charge on any atom is 0.191 e. The molecule has 0 N–H and O–H groups in total. The second-order valence-electron chi connectivity index (χ2n) is 4.37. The van der Waals surface area contributed by atoms with Crippen LogP contribution in [0, 0.1) is 13.8 Å². The summed E-state index contributed by atoms with van der Waals surface area (Å²) in [5.74, 6) is 0.0176. The Balaban J connectivity index is 2.14. The first-order valence-electron chi connectivity index (χ1n) is 5.92. The Hall–Kier alpha value is -2.22. The summed E-state index contributed by atoms with van der Waals surface area (Å²) in [5.41, 5.74) is 3.03. The predicted octanol–water partition coefficient (Wildman–Crippen LogP) is 2.94. The summed E-state index contributed by atoms with van der Waals surface area (Å²) in [5, 5.41) is 0. The number of allylic oxidation sites excluding steroid dienone is 1. The molecule has 0 fully saturated rings. The largest absolute Gasteiger partial charge is 0.289 e. The van der Waals surface area contributed by atoms with Gasteiger partial charge in [0.1, 0.15) is 0 Å². The van der Waals surface area contributed by atoms with Crippen LogP contribution in [0.25, 0.3) is 6.20 Å². The van der Waals surface area contributed by atoms with Crippen LogP contribution >= 0.6 is 0 Å². The molecule has 0 saturated carbocycles. The van der Waals surface area contributed by atoms with Crippen LogP contribution in [-0.2, 0) is 0 Å². The van der Waals surface area contributed by atoms with Crippen LogP contribution in [0.1, 0.15) is 21.5 Å². The molecule has 2 nitrogen and oxygen atoms in total. The topological polar surface area (TPSA) is 20.9 Å². The number of hydrogen-bond acceptors (Lipinski definition) is 1. The SMILES string of the molecule is Cc1ccc(C(=O)C=C[n+]2cccc(C)c2)cc1. The van der Waals surface area contributed by atoms with E-state index < -0.39 is 0 Å². The number of ketones is 1. The van der Waals surface area contributed by atoms with Crippen LogP contribution < -0.4 is 4.57 Å². The zero-order valence-corrected chi connectivity index (χ0v) is 10.6. The Kier molecular flexibility index (Phi) is 3.68. The van der Waals surface area contributed by atoms with Gasteiger partial charge in [-0.3, -0.25) is 4.79 Å². The normalized spacial score (nSPS) is 10.8. The average Bonchev–Trinajstić information content (AvgIpc) is 2.37. The van der Waals surface area contributed by atoms with Gasteiger partial charge in [-0.05, 0) is 19.9 Å². The van der Waals surface area contributed by atoms with E-state index in [1.165, 1.54) is 0 Å². The number of hydrogen-bond donors (Lipinski definition) is 0. The highest BCUT2D eigenvalue weighted by Crippen LogP contribution is 2.04. The van der Waals surface area contributed by atoms with E-state index in [0.29, 0.717) is 5.56 Å². The van der Waals surface area contributed by atoms with E-state index in [9.17, 15) is 4.79 Å². The standard InChI is InChI=1S/C16H16NO/c1-13-5-7-15(8-6-13)16(18)9-11-17-10-3-4-14(2)12-17/h3-12H,1-2H3/q+1. The number of carbonyl (C=O) groups excluding carboxylic acids is 1. The lowest BCUT2D eigenvalue weighted by atomic mass is 10.1. The Morgan fingerprint density at radius 3 is 2.44 bits per heavy atom. The third-order valence-electron chi connectivity index (χ3n) is 2.70. The molecule has 0 radical (unpaired) electrons. The minimum atomic E-state index is 0.0176. The third kappa shape index (κ3) is 3.14. The van der Waals surface area contributed by atoms with Crippen LogP contribution in [0.4, 0.5) is 0 Å². The lowest BCUT2D eigenvalue weighted by Gasteiger charge is -1.95. The first-order chi connectivity index (χ1) is 8.65. The monoisotopic (exact) mass is 238 g/mol. The Morgan fingerprint density at radius 1 is 1.06 bits per heavy atom. The molecule has 0 atom stereocenters. The first-order valence-corrected chi connectivity index (χ1v) is 5.92. The Morgan fingerprint density at radius 2 is 1.78 bits per heavy atom. The summed E-state index contributed by atoms with van der Waals surface area (Å²) in [7, 11) is 0. The van der Waals surface area contributed by atoms with Crippen molar-refractivity contribution in [2.45, 2.75) is 13.8 Å². The Labute approximate surface area is 107 Å². The van der Waals surface area contributed by atoms with Crippen LogP contribution in [0.3, 0.4) is 0 Å². The van der Waals surface area contributed by atoms with Gasteiger partial charge in [-0.2, -0.15) is 4.57 Å². The molecule has 0 aliphatic rings. The van der Waals surface area contributed by atoms with E-state index in [2.05, 4.69) is 0 Å². The maximum atomic E-state index is 11.9. The van der Waals surface area contributed by atoms with Gasteiger partial charge in [-0.15, -0.1) is 0 Å². The van der Waals surface area contributed by atoms with Crippen molar-refractivity contribution in [1.29, 1.82) is 0 Å². The number of pyridine rings is 1. The van der Waals surface area contributed by atoms with Crippen molar-refractivity contribution >= 4 is 12.0 Å². The van der Waals surface area contributed by atoms with Gasteiger partial charge in [-0.1, -0.05) is 29.8 Å². The molecular weight excluding hydrogens is 222 g/mol. The lowest BCUT2D eigenvalue weighted by molar-refractivity contribution is -0.568. The molecule has 0 unspecified atom stereocenters. The molecule has 0 bridgehead atoms. The number of nitrogens with zero attached hydrogens (tertiary/aromatic N) is 1. The van der Waals surface area contributed by atoms with Crippen LogP contribution in [0.5, 0.6) is 0 Å². The third-order valence-corrected chi connectivity index (χ3v) is 2.70. The van der Waals surface area contributed by atoms with E-state index in [-0.39, 0.29) is 5.78 Å². The highest BCUT2D eigenvalue weighted by Gasteiger charge is 2.02. The molecule has 90 valence electrons. The van der Waals surface area contributed by atoms with Gasteiger partial charge in [0.15, 0.2) is 24.4 Å². The van der Waals surface area contributed by atoms with Gasteiger partial charge in [0.2, 0.25) is 0 Å².